The average molecular weight is 396 g/mol. The van der Waals surface area contributed by atoms with Gasteiger partial charge in [-0.2, -0.15) is 0 Å². The van der Waals surface area contributed by atoms with Crippen molar-refractivity contribution in [2.24, 2.45) is 4.99 Å². The molecule has 1 aliphatic rings. The topological polar surface area (TPSA) is 72.0 Å². The molecule has 0 saturated carbocycles. The highest BCUT2D eigenvalue weighted by atomic mass is 16.5. The van der Waals surface area contributed by atoms with Gasteiger partial charge in [0.15, 0.2) is 0 Å². The minimum absolute atomic E-state index is 0.105. The summed E-state index contributed by atoms with van der Waals surface area (Å²) in [5.74, 6) is 0.935. The lowest BCUT2D eigenvalue weighted by Crippen LogP contribution is -2.36. The van der Waals surface area contributed by atoms with E-state index in [0.29, 0.717) is 24.7 Å². The molecule has 0 aliphatic carbocycles. The number of carbonyl (C=O) groups excluding carboxylic acids is 1. The third-order valence-corrected chi connectivity index (χ3v) is 4.62. The van der Waals surface area contributed by atoms with Crippen molar-refractivity contribution in [3.8, 4) is 5.75 Å². The highest BCUT2D eigenvalue weighted by Gasteiger charge is 2.16. The lowest BCUT2D eigenvalue weighted by atomic mass is 10.1. The molecular formula is C23H29N3O3. The maximum Gasteiger partial charge on any atom is 0.257 e. The molecule has 1 heterocycles. The molecule has 0 aromatic heterocycles. The standard InChI is InChI=1S/C23H29N3O3/c1-4-28-20-9-7-18(8-10-20)22(27)26-23(24-15-21-6-5-11-29-21)25-19-13-16(2)12-17(3)14-19/h7-10,12-14,21H,4-6,11,15H2,1-3H3,(H2,24,25,26,27)/t21-/m0/s1. The Hall–Kier alpha value is -2.86. The lowest BCUT2D eigenvalue weighted by molar-refractivity contribution is 0.0975. The Labute approximate surface area is 172 Å². The number of ether oxygens (including phenoxy) is 2. The maximum atomic E-state index is 12.7. The molecule has 0 spiro atoms. The fraction of sp³-hybridized carbons (Fsp3) is 0.391. The number of aliphatic imine (C=N–C) groups is 1. The molecule has 0 bridgehead atoms. The van der Waals surface area contributed by atoms with Crippen LogP contribution in [0.15, 0.2) is 47.5 Å². The summed E-state index contributed by atoms with van der Waals surface area (Å²) in [6, 6.07) is 13.2. The normalized spacial score (nSPS) is 16.5. The van der Waals surface area contributed by atoms with Gasteiger partial charge < -0.3 is 14.8 Å². The maximum absolute atomic E-state index is 12.7. The van der Waals surface area contributed by atoms with Gasteiger partial charge in [0.05, 0.1) is 19.3 Å². The van der Waals surface area contributed by atoms with E-state index in [-0.39, 0.29) is 12.0 Å². The van der Waals surface area contributed by atoms with Crippen LogP contribution in [0.4, 0.5) is 5.69 Å². The zero-order valence-corrected chi connectivity index (χ0v) is 17.3. The van der Waals surface area contributed by atoms with Crippen LogP contribution in [-0.4, -0.2) is 37.7 Å². The summed E-state index contributed by atoms with van der Waals surface area (Å²) in [6.07, 6.45) is 2.15. The van der Waals surface area contributed by atoms with Gasteiger partial charge in [0, 0.05) is 17.9 Å². The fourth-order valence-corrected chi connectivity index (χ4v) is 3.32. The van der Waals surface area contributed by atoms with Crippen molar-refractivity contribution < 1.29 is 14.3 Å². The van der Waals surface area contributed by atoms with Crippen molar-refractivity contribution in [2.45, 2.75) is 39.7 Å². The molecule has 1 saturated heterocycles. The Kier molecular flexibility index (Phi) is 7.25. The number of benzene rings is 2. The Balaban J connectivity index is 1.74. The van der Waals surface area contributed by atoms with Gasteiger partial charge in [0.2, 0.25) is 5.96 Å². The zero-order valence-electron chi connectivity index (χ0n) is 17.3. The monoisotopic (exact) mass is 395 g/mol. The molecule has 29 heavy (non-hydrogen) atoms. The van der Waals surface area contributed by atoms with Gasteiger partial charge in [-0.25, -0.2) is 4.99 Å². The number of guanidine groups is 1. The Morgan fingerprint density at radius 2 is 1.90 bits per heavy atom. The molecule has 2 aromatic rings. The molecule has 154 valence electrons. The van der Waals surface area contributed by atoms with E-state index in [1.54, 1.807) is 24.3 Å². The van der Waals surface area contributed by atoms with Gasteiger partial charge in [-0.1, -0.05) is 6.07 Å². The summed E-state index contributed by atoms with van der Waals surface area (Å²) in [7, 11) is 0. The average Bonchev–Trinajstić information content (AvgIpc) is 3.20. The number of anilines is 1. The van der Waals surface area contributed by atoms with Crippen molar-refractivity contribution >= 4 is 17.6 Å². The molecule has 0 unspecified atom stereocenters. The van der Waals surface area contributed by atoms with Crippen LogP contribution in [0.3, 0.4) is 0 Å². The van der Waals surface area contributed by atoms with Gasteiger partial charge in [0.1, 0.15) is 5.75 Å². The number of hydrogen-bond acceptors (Lipinski definition) is 4. The quantitative estimate of drug-likeness (QED) is 0.571. The predicted octanol–water partition coefficient (Wildman–Crippen LogP) is 4.08. The van der Waals surface area contributed by atoms with E-state index in [2.05, 4.69) is 21.7 Å². The molecule has 0 radical (unpaired) electrons. The largest absolute Gasteiger partial charge is 0.494 e. The van der Waals surface area contributed by atoms with Crippen LogP contribution in [0.2, 0.25) is 0 Å². The first-order valence-electron chi connectivity index (χ1n) is 10.1. The van der Waals surface area contributed by atoms with Crippen molar-refractivity contribution in [3.63, 3.8) is 0 Å². The summed E-state index contributed by atoms with van der Waals surface area (Å²) in [5.41, 5.74) is 3.72. The van der Waals surface area contributed by atoms with E-state index in [1.165, 1.54) is 0 Å². The van der Waals surface area contributed by atoms with Crippen LogP contribution in [0.25, 0.3) is 0 Å². The number of nitrogens with zero attached hydrogens (tertiary/aromatic N) is 1. The number of aryl methyl sites for hydroxylation is 2. The predicted molar refractivity (Wildman–Crippen MR) is 116 cm³/mol. The molecule has 1 amide bonds. The van der Waals surface area contributed by atoms with E-state index in [0.717, 1.165) is 42.0 Å². The molecule has 2 N–H and O–H groups in total. The smallest absolute Gasteiger partial charge is 0.257 e. The van der Waals surface area contributed by atoms with E-state index in [1.807, 2.05) is 32.9 Å². The zero-order chi connectivity index (χ0) is 20.6. The molecule has 1 atom stereocenters. The van der Waals surface area contributed by atoms with Gasteiger partial charge >= 0.3 is 0 Å². The summed E-state index contributed by atoms with van der Waals surface area (Å²) in [5, 5.41) is 6.15. The van der Waals surface area contributed by atoms with E-state index in [9.17, 15) is 4.79 Å². The van der Waals surface area contributed by atoms with Crippen LogP contribution < -0.4 is 15.4 Å². The van der Waals surface area contributed by atoms with Crippen LogP contribution >= 0.6 is 0 Å². The molecule has 1 aliphatic heterocycles. The third kappa shape index (κ3) is 6.32. The Morgan fingerprint density at radius 1 is 1.17 bits per heavy atom. The third-order valence-electron chi connectivity index (χ3n) is 4.62. The summed E-state index contributed by atoms with van der Waals surface area (Å²) < 4.78 is 11.1. The van der Waals surface area contributed by atoms with Crippen LogP contribution in [-0.2, 0) is 4.74 Å². The van der Waals surface area contributed by atoms with E-state index in [4.69, 9.17) is 9.47 Å². The van der Waals surface area contributed by atoms with Crippen molar-refractivity contribution in [2.75, 3.05) is 25.1 Å². The second-order valence-corrected chi connectivity index (χ2v) is 7.24. The highest BCUT2D eigenvalue weighted by Crippen LogP contribution is 2.16. The summed E-state index contributed by atoms with van der Waals surface area (Å²) in [4.78, 5) is 17.3. The molecular weight excluding hydrogens is 366 g/mol. The minimum atomic E-state index is -0.226. The van der Waals surface area contributed by atoms with Crippen molar-refractivity contribution in [1.29, 1.82) is 0 Å². The van der Waals surface area contributed by atoms with Crippen LogP contribution in [0.1, 0.15) is 41.3 Å². The lowest BCUT2D eigenvalue weighted by Gasteiger charge is -2.14. The highest BCUT2D eigenvalue weighted by molar-refractivity contribution is 6.10. The van der Waals surface area contributed by atoms with Gasteiger partial charge in [-0.15, -0.1) is 0 Å². The van der Waals surface area contributed by atoms with Crippen molar-refractivity contribution in [1.82, 2.24) is 5.32 Å². The van der Waals surface area contributed by atoms with Crippen molar-refractivity contribution in [3.05, 3.63) is 59.2 Å². The Morgan fingerprint density at radius 3 is 2.52 bits per heavy atom. The van der Waals surface area contributed by atoms with E-state index >= 15 is 0 Å². The van der Waals surface area contributed by atoms with E-state index < -0.39 is 0 Å². The SMILES string of the molecule is CCOc1ccc(C(=O)NC(=NC[C@@H]2CCCO2)Nc2cc(C)cc(C)c2)cc1. The molecule has 3 rings (SSSR count). The first-order valence-corrected chi connectivity index (χ1v) is 10.1. The molecule has 2 aromatic carbocycles. The number of nitrogens with one attached hydrogen (secondary N) is 2. The second kappa shape index (κ2) is 10.1. The Bertz CT molecular complexity index is 836. The number of rotatable bonds is 6. The second-order valence-electron chi connectivity index (χ2n) is 7.24. The van der Waals surface area contributed by atoms with Gasteiger partial charge in [-0.3, -0.25) is 10.1 Å². The molecule has 1 fully saturated rings. The summed E-state index contributed by atoms with van der Waals surface area (Å²) in [6.45, 7) is 7.89. The van der Waals surface area contributed by atoms with Crippen LogP contribution in [0, 0.1) is 13.8 Å². The number of amides is 1. The van der Waals surface area contributed by atoms with Gasteiger partial charge in [-0.05, 0) is 81.1 Å². The number of carbonyl (C=O) groups is 1. The molecule has 6 heteroatoms. The summed E-state index contributed by atoms with van der Waals surface area (Å²) >= 11 is 0. The fourth-order valence-electron chi connectivity index (χ4n) is 3.32. The van der Waals surface area contributed by atoms with Gasteiger partial charge in [0.25, 0.3) is 5.91 Å². The number of hydrogen-bond donors (Lipinski definition) is 2. The first kappa shape index (κ1) is 20.9. The molecule has 6 nitrogen and oxygen atoms in total. The van der Waals surface area contributed by atoms with Crippen LogP contribution in [0.5, 0.6) is 5.75 Å². The first-order chi connectivity index (χ1) is 14.0. The minimum Gasteiger partial charge on any atom is -0.494 e.